The Hall–Kier alpha value is -2.17. The molecule has 0 atom stereocenters. The number of benzene rings is 1. The van der Waals surface area contributed by atoms with Gasteiger partial charge in [0.25, 0.3) is 5.91 Å². The first-order chi connectivity index (χ1) is 7.70. The molecule has 0 aliphatic rings. The third-order valence-electron chi connectivity index (χ3n) is 2.12. The van der Waals surface area contributed by atoms with Crippen LogP contribution in [0.15, 0.2) is 36.5 Å². The fourth-order valence-corrected chi connectivity index (χ4v) is 1.34. The summed E-state index contributed by atoms with van der Waals surface area (Å²) in [5.41, 5.74) is 0.877. The molecule has 1 heterocycles. The molecule has 0 fully saturated rings. The molecule has 16 heavy (non-hydrogen) atoms. The van der Waals surface area contributed by atoms with Crippen molar-refractivity contribution in [1.82, 2.24) is 15.1 Å². The number of aromatic nitrogens is 2. The lowest BCUT2D eigenvalue weighted by Gasteiger charge is -2.00. The van der Waals surface area contributed by atoms with Crippen LogP contribution in [0.3, 0.4) is 0 Å². The number of hydrogen-bond acceptors (Lipinski definition) is 2. The lowest BCUT2D eigenvalue weighted by molar-refractivity contribution is 0.0958. The standard InChI is InChI=1S/C11H10FN3O/c1-13-11(16)10-5-6-15(14-10)9-4-2-3-8(12)7-9/h2-7H,1H3,(H,13,16). The van der Waals surface area contributed by atoms with Gasteiger partial charge in [0.05, 0.1) is 5.69 Å². The minimum Gasteiger partial charge on any atom is -0.354 e. The summed E-state index contributed by atoms with van der Waals surface area (Å²) in [5, 5.41) is 6.50. The summed E-state index contributed by atoms with van der Waals surface area (Å²) in [5.74, 6) is -0.607. The van der Waals surface area contributed by atoms with Crippen LogP contribution in [0.4, 0.5) is 4.39 Å². The first-order valence-electron chi connectivity index (χ1n) is 4.74. The van der Waals surface area contributed by atoms with E-state index in [1.165, 1.54) is 23.9 Å². The smallest absolute Gasteiger partial charge is 0.271 e. The summed E-state index contributed by atoms with van der Waals surface area (Å²) in [7, 11) is 1.53. The van der Waals surface area contributed by atoms with E-state index in [1.807, 2.05) is 0 Å². The van der Waals surface area contributed by atoms with Crippen LogP contribution in [-0.4, -0.2) is 22.7 Å². The van der Waals surface area contributed by atoms with Crippen LogP contribution < -0.4 is 5.32 Å². The van der Waals surface area contributed by atoms with Gasteiger partial charge in [-0.05, 0) is 24.3 Å². The molecule has 0 bridgehead atoms. The fraction of sp³-hybridized carbons (Fsp3) is 0.0909. The van der Waals surface area contributed by atoms with Crippen LogP contribution in [0.1, 0.15) is 10.5 Å². The van der Waals surface area contributed by atoms with Gasteiger partial charge in [-0.2, -0.15) is 5.10 Å². The highest BCUT2D eigenvalue weighted by molar-refractivity contribution is 5.91. The van der Waals surface area contributed by atoms with Crippen LogP contribution >= 0.6 is 0 Å². The number of carbonyl (C=O) groups excluding carboxylic acids is 1. The van der Waals surface area contributed by atoms with Crippen molar-refractivity contribution in [3.63, 3.8) is 0 Å². The van der Waals surface area contributed by atoms with E-state index in [9.17, 15) is 9.18 Å². The molecule has 1 aromatic heterocycles. The zero-order valence-corrected chi connectivity index (χ0v) is 8.64. The highest BCUT2D eigenvalue weighted by Gasteiger charge is 2.07. The second-order valence-electron chi connectivity index (χ2n) is 3.20. The molecule has 0 aliphatic carbocycles. The van der Waals surface area contributed by atoms with Gasteiger partial charge in [0.2, 0.25) is 0 Å². The van der Waals surface area contributed by atoms with Gasteiger partial charge in [-0.3, -0.25) is 4.79 Å². The predicted octanol–water partition coefficient (Wildman–Crippen LogP) is 1.37. The van der Waals surface area contributed by atoms with Crippen LogP contribution in [0.5, 0.6) is 0 Å². The van der Waals surface area contributed by atoms with Gasteiger partial charge in [0.15, 0.2) is 5.69 Å². The third-order valence-corrected chi connectivity index (χ3v) is 2.12. The SMILES string of the molecule is CNC(=O)c1ccn(-c2cccc(F)c2)n1. The van der Waals surface area contributed by atoms with E-state index in [0.717, 1.165) is 0 Å². The topological polar surface area (TPSA) is 46.9 Å². The van der Waals surface area contributed by atoms with Crippen molar-refractivity contribution in [3.05, 3.63) is 48.0 Å². The number of nitrogens with zero attached hydrogens (tertiary/aromatic N) is 2. The Kier molecular flexibility index (Phi) is 2.68. The molecule has 1 N–H and O–H groups in total. The first kappa shape index (κ1) is 10.4. The van der Waals surface area contributed by atoms with E-state index in [2.05, 4.69) is 10.4 Å². The van der Waals surface area contributed by atoms with Crippen LogP contribution in [0, 0.1) is 5.82 Å². The van der Waals surface area contributed by atoms with Gasteiger partial charge >= 0.3 is 0 Å². The minimum absolute atomic E-state index is 0.268. The Morgan fingerprint density at radius 2 is 2.25 bits per heavy atom. The molecule has 0 saturated carbocycles. The molecule has 4 nitrogen and oxygen atoms in total. The minimum atomic E-state index is -0.338. The van der Waals surface area contributed by atoms with E-state index in [0.29, 0.717) is 11.4 Å². The summed E-state index contributed by atoms with van der Waals surface area (Å²) in [6, 6.07) is 7.58. The normalized spacial score (nSPS) is 10.1. The van der Waals surface area contributed by atoms with E-state index in [4.69, 9.17) is 0 Å². The quantitative estimate of drug-likeness (QED) is 0.829. The van der Waals surface area contributed by atoms with Crippen molar-refractivity contribution in [3.8, 4) is 5.69 Å². The molecular formula is C11H10FN3O. The summed E-state index contributed by atoms with van der Waals surface area (Å²) >= 11 is 0. The van der Waals surface area contributed by atoms with Crippen molar-refractivity contribution in [2.45, 2.75) is 0 Å². The molecule has 0 unspecified atom stereocenters. The van der Waals surface area contributed by atoms with Crippen LogP contribution in [0.25, 0.3) is 5.69 Å². The third kappa shape index (κ3) is 1.93. The van der Waals surface area contributed by atoms with Gasteiger partial charge in [-0.1, -0.05) is 6.07 Å². The van der Waals surface area contributed by atoms with Crippen molar-refractivity contribution in [2.24, 2.45) is 0 Å². The Labute approximate surface area is 91.7 Å². The molecule has 0 radical (unpaired) electrons. The first-order valence-corrected chi connectivity index (χ1v) is 4.74. The zero-order chi connectivity index (χ0) is 11.5. The largest absolute Gasteiger partial charge is 0.354 e. The van der Waals surface area contributed by atoms with Crippen molar-refractivity contribution in [2.75, 3.05) is 7.05 Å². The summed E-state index contributed by atoms with van der Waals surface area (Å²) in [4.78, 5) is 11.3. The Morgan fingerprint density at radius 1 is 1.44 bits per heavy atom. The number of halogens is 1. The van der Waals surface area contributed by atoms with Gasteiger partial charge < -0.3 is 5.32 Å². The number of carbonyl (C=O) groups is 1. The van der Waals surface area contributed by atoms with Crippen LogP contribution in [0.2, 0.25) is 0 Å². The highest BCUT2D eigenvalue weighted by atomic mass is 19.1. The highest BCUT2D eigenvalue weighted by Crippen LogP contribution is 2.09. The second-order valence-corrected chi connectivity index (χ2v) is 3.20. The van der Waals surface area contributed by atoms with Crippen LogP contribution in [-0.2, 0) is 0 Å². The summed E-state index contributed by atoms with van der Waals surface area (Å²) in [6.45, 7) is 0. The monoisotopic (exact) mass is 219 g/mol. The van der Waals surface area contributed by atoms with Crippen molar-refractivity contribution < 1.29 is 9.18 Å². The van der Waals surface area contributed by atoms with Gasteiger partial charge in [0.1, 0.15) is 5.82 Å². The molecule has 0 spiro atoms. The second kappa shape index (κ2) is 4.14. The average Bonchev–Trinajstić information content (AvgIpc) is 2.77. The molecule has 82 valence electrons. The number of rotatable bonds is 2. The number of nitrogens with one attached hydrogen (secondary N) is 1. The Balaban J connectivity index is 2.35. The molecule has 1 aromatic carbocycles. The summed E-state index contributed by atoms with van der Waals surface area (Å²) < 4.78 is 14.4. The lowest BCUT2D eigenvalue weighted by atomic mass is 10.3. The fourth-order valence-electron chi connectivity index (χ4n) is 1.34. The van der Waals surface area contributed by atoms with E-state index >= 15 is 0 Å². The maximum absolute atomic E-state index is 13.0. The van der Waals surface area contributed by atoms with Crippen molar-refractivity contribution >= 4 is 5.91 Å². The molecule has 0 aliphatic heterocycles. The van der Waals surface area contributed by atoms with E-state index in [1.54, 1.807) is 24.4 Å². The van der Waals surface area contributed by atoms with Gasteiger partial charge in [-0.25, -0.2) is 9.07 Å². The molecule has 5 heteroatoms. The van der Waals surface area contributed by atoms with Gasteiger partial charge in [-0.15, -0.1) is 0 Å². The lowest BCUT2D eigenvalue weighted by Crippen LogP contribution is -2.18. The number of hydrogen-bond donors (Lipinski definition) is 1. The maximum atomic E-state index is 13.0. The molecule has 2 aromatic rings. The molecular weight excluding hydrogens is 209 g/mol. The average molecular weight is 219 g/mol. The zero-order valence-electron chi connectivity index (χ0n) is 8.64. The molecule has 0 saturated heterocycles. The Morgan fingerprint density at radius 3 is 2.94 bits per heavy atom. The number of amides is 1. The van der Waals surface area contributed by atoms with Crippen molar-refractivity contribution in [1.29, 1.82) is 0 Å². The molecule has 2 rings (SSSR count). The molecule has 1 amide bonds. The maximum Gasteiger partial charge on any atom is 0.271 e. The van der Waals surface area contributed by atoms with E-state index < -0.39 is 0 Å². The van der Waals surface area contributed by atoms with E-state index in [-0.39, 0.29) is 11.7 Å². The van der Waals surface area contributed by atoms with Gasteiger partial charge in [0, 0.05) is 13.2 Å². The summed E-state index contributed by atoms with van der Waals surface area (Å²) in [6.07, 6.45) is 1.61. The Bertz CT molecular complexity index is 521. The predicted molar refractivity (Wildman–Crippen MR) is 56.9 cm³/mol.